The lowest BCUT2D eigenvalue weighted by Gasteiger charge is -2.20. The molecular weight excluding hydrogens is 284 g/mol. The smallest absolute Gasteiger partial charge is 0.224 e. The standard InChI is InChI=1S/C17H24N2O.ClH/c1-11(18)13-4-6-16(7-5-13)19-17(20)10-15-9-12-2-3-14(15)8-12;/h4-7,11-12,14-15H,2-3,8-10,18H2,1H3,(H,19,20);1H. The second kappa shape index (κ2) is 6.80. The molecule has 2 aliphatic rings. The molecule has 1 aromatic rings. The van der Waals surface area contributed by atoms with E-state index in [0.717, 1.165) is 23.1 Å². The third-order valence-corrected chi connectivity index (χ3v) is 5.05. The summed E-state index contributed by atoms with van der Waals surface area (Å²) in [7, 11) is 0. The monoisotopic (exact) mass is 308 g/mol. The fourth-order valence-electron chi connectivity index (χ4n) is 3.95. The molecule has 1 aromatic carbocycles. The summed E-state index contributed by atoms with van der Waals surface area (Å²) >= 11 is 0. The lowest BCUT2D eigenvalue weighted by atomic mass is 9.86. The summed E-state index contributed by atoms with van der Waals surface area (Å²) in [6, 6.07) is 7.89. The number of anilines is 1. The zero-order chi connectivity index (χ0) is 14.1. The molecule has 3 rings (SSSR count). The average molecular weight is 309 g/mol. The number of nitrogens with two attached hydrogens (primary N) is 1. The molecule has 0 aromatic heterocycles. The van der Waals surface area contributed by atoms with Crippen molar-refractivity contribution in [3.63, 3.8) is 0 Å². The SMILES string of the molecule is CC(N)c1ccc(NC(=O)CC2CC3CCC2C3)cc1.Cl. The van der Waals surface area contributed by atoms with Gasteiger partial charge >= 0.3 is 0 Å². The van der Waals surface area contributed by atoms with Gasteiger partial charge in [0.2, 0.25) is 5.91 Å². The van der Waals surface area contributed by atoms with Gasteiger partial charge in [-0.15, -0.1) is 12.4 Å². The van der Waals surface area contributed by atoms with Crippen molar-refractivity contribution in [2.75, 3.05) is 5.32 Å². The number of carbonyl (C=O) groups excluding carboxylic acids is 1. The number of rotatable bonds is 4. The van der Waals surface area contributed by atoms with Gasteiger partial charge in [-0.3, -0.25) is 4.79 Å². The van der Waals surface area contributed by atoms with Crippen molar-refractivity contribution in [2.45, 2.75) is 45.1 Å². The van der Waals surface area contributed by atoms with E-state index in [1.165, 1.54) is 25.7 Å². The predicted octanol–water partition coefficient (Wildman–Crippen LogP) is 3.89. The Morgan fingerprint density at radius 3 is 2.52 bits per heavy atom. The molecular formula is C17H25ClN2O. The average Bonchev–Trinajstić information content (AvgIpc) is 3.01. The summed E-state index contributed by atoms with van der Waals surface area (Å²) in [6.45, 7) is 1.96. The molecule has 21 heavy (non-hydrogen) atoms. The Bertz CT molecular complexity index is 486. The molecule has 2 fully saturated rings. The third kappa shape index (κ3) is 3.78. The summed E-state index contributed by atoms with van der Waals surface area (Å²) < 4.78 is 0. The highest BCUT2D eigenvalue weighted by Crippen LogP contribution is 2.49. The van der Waals surface area contributed by atoms with Crippen molar-refractivity contribution in [3.8, 4) is 0 Å². The molecule has 4 atom stereocenters. The number of benzene rings is 1. The van der Waals surface area contributed by atoms with Crippen LogP contribution in [0.1, 0.15) is 50.6 Å². The Morgan fingerprint density at radius 2 is 2.00 bits per heavy atom. The molecule has 0 saturated heterocycles. The van der Waals surface area contributed by atoms with E-state index in [0.29, 0.717) is 12.3 Å². The normalized spacial score (nSPS) is 28.0. The van der Waals surface area contributed by atoms with E-state index >= 15 is 0 Å². The van der Waals surface area contributed by atoms with Gasteiger partial charge in [-0.1, -0.05) is 18.6 Å². The van der Waals surface area contributed by atoms with E-state index in [9.17, 15) is 4.79 Å². The third-order valence-electron chi connectivity index (χ3n) is 5.05. The van der Waals surface area contributed by atoms with Crippen LogP contribution in [0.25, 0.3) is 0 Å². The quantitative estimate of drug-likeness (QED) is 0.886. The lowest BCUT2D eigenvalue weighted by molar-refractivity contribution is -0.117. The summed E-state index contributed by atoms with van der Waals surface area (Å²) in [4.78, 5) is 12.1. The topological polar surface area (TPSA) is 55.1 Å². The first-order valence-corrected chi connectivity index (χ1v) is 7.77. The number of hydrogen-bond donors (Lipinski definition) is 2. The molecule has 2 bridgehead atoms. The van der Waals surface area contributed by atoms with Crippen molar-refractivity contribution in [3.05, 3.63) is 29.8 Å². The Balaban J connectivity index is 0.00000161. The van der Waals surface area contributed by atoms with Gasteiger partial charge in [-0.2, -0.15) is 0 Å². The van der Waals surface area contributed by atoms with Gasteiger partial charge in [0.05, 0.1) is 0 Å². The highest BCUT2D eigenvalue weighted by molar-refractivity contribution is 5.90. The van der Waals surface area contributed by atoms with E-state index in [2.05, 4.69) is 5.32 Å². The molecule has 1 amide bonds. The first-order chi connectivity index (χ1) is 9.61. The van der Waals surface area contributed by atoms with Crippen LogP contribution in [0.15, 0.2) is 24.3 Å². The van der Waals surface area contributed by atoms with Gasteiger partial charge < -0.3 is 11.1 Å². The van der Waals surface area contributed by atoms with Crippen molar-refractivity contribution in [1.29, 1.82) is 0 Å². The number of nitrogens with one attached hydrogen (secondary N) is 1. The van der Waals surface area contributed by atoms with Gasteiger partial charge in [0.1, 0.15) is 0 Å². The molecule has 0 spiro atoms. The minimum absolute atomic E-state index is 0. The van der Waals surface area contributed by atoms with Crippen LogP contribution < -0.4 is 11.1 Å². The highest BCUT2D eigenvalue weighted by atomic mass is 35.5. The Labute approximate surface area is 133 Å². The largest absolute Gasteiger partial charge is 0.326 e. The van der Waals surface area contributed by atoms with E-state index in [1.54, 1.807) is 0 Å². The first kappa shape index (κ1) is 16.3. The molecule has 4 heteroatoms. The molecule has 2 saturated carbocycles. The van der Waals surface area contributed by atoms with Gasteiger partial charge in [0.15, 0.2) is 0 Å². The van der Waals surface area contributed by atoms with E-state index < -0.39 is 0 Å². The molecule has 0 aliphatic heterocycles. The molecule has 2 aliphatic carbocycles. The van der Waals surface area contributed by atoms with Crippen molar-refractivity contribution < 1.29 is 4.79 Å². The summed E-state index contributed by atoms with van der Waals surface area (Å²) in [5.41, 5.74) is 7.79. The first-order valence-electron chi connectivity index (χ1n) is 7.77. The van der Waals surface area contributed by atoms with E-state index in [4.69, 9.17) is 5.73 Å². The molecule has 4 unspecified atom stereocenters. The van der Waals surface area contributed by atoms with Crippen LogP contribution in [0, 0.1) is 17.8 Å². The summed E-state index contributed by atoms with van der Waals surface area (Å²) in [6.07, 6.45) is 6.05. The lowest BCUT2D eigenvalue weighted by Crippen LogP contribution is -2.20. The molecule has 116 valence electrons. The van der Waals surface area contributed by atoms with Gasteiger partial charge in [-0.05, 0) is 61.6 Å². The van der Waals surface area contributed by atoms with Crippen molar-refractivity contribution in [2.24, 2.45) is 23.5 Å². The van der Waals surface area contributed by atoms with Crippen LogP contribution >= 0.6 is 12.4 Å². The fourth-order valence-corrected chi connectivity index (χ4v) is 3.95. The van der Waals surface area contributed by atoms with E-state index in [1.807, 2.05) is 31.2 Å². The van der Waals surface area contributed by atoms with Crippen LogP contribution in [0.2, 0.25) is 0 Å². The Kier molecular flexibility index (Phi) is 5.28. The predicted molar refractivity (Wildman–Crippen MR) is 88.5 cm³/mol. The van der Waals surface area contributed by atoms with Crippen LogP contribution in [-0.4, -0.2) is 5.91 Å². The van der Waals surface area contributed by atoms with E-state index in [-0.39, 0.29) is 24.4 Å². The molecule has 3 nitrogen and oxygen atoms in total. The maximum atomic E-state index is 12.1. The van der Waals surface area contributed by atoms with Gasteiger partial charge in [0, 0.05) is 18.2 Å². The highest BCUT2D eigenvalue weighted by Gasteiger charge is 2.40. The number of carbonyl (C=O) groups is 1. The maximum absolute atomic E-state index is 12.1. The second-order valence-electron chi connectivity index (χ2n) is 6.60. The van der Waals surface area contributed by atoms with Crippen LogP contribution in [0.4, 0.5) is 5.69 Å². The van der Waals surface area contributed by atoms with Gasteiger partial charge in [0.25, 0.3) is 0 Å². The number of fused-ring (bicyclic) bond motifs is 2. The maximum Gasteiger partial charge on any atom is 0.224 e. The van der Waals surface area contributed by atoms with Crippen LogP contribution in [-0.2, 0) is 4.79 Å². The second-order valence-corrected chi connectivity index (χ2v) is 6.60. The zero-order valence-electron chi connectivity index (χ0n) is 12.5. The van der Waals surface area contributed by atoms with Crippen molar-refractivity contribution >= 4 is 24.0 Å². The minimum Gasteiger partial charge on any atom is -0.326 e. The number of hydrogen-bond acceptors (Lipinski definition) is 2. The van der Waals surface area contributed by atoms with Crippen LogP contribution in [0.3, 0.4) is 0 Å². The Hall–Kier alpha value is -1.06. The summed E-state index contributed by atoms with van der Waals surface area (Å²) in [5, 5.41) is 3.01. The molecule has 3 N–H and O–H groups in total. The van der Waals surface area contributed by atoms with Crippen molar-refractivity contribution in [1.82, 2.24) is 0 Å². The number of amides is 1. The number of halogens is 1. The minimum atomic E-state index is 0. The Morgan fingerprint density at radius 1 is 1.29 bits per heavy atom. The molecule has 0 radical (unpaired) electrons. The zero-order valence-corrected chi connectivity index (χ0v) is 13.4. The molecule has 0 heterocycles. The summed E-state index contributed by atoms with van der Waals surface area (Å²) in [5.74, 6) is 2.50. The fraction of sp³-hybridized carbons (Fsp3) is 0.588. The van der Waals surface area contributed by atoms with Gasteiger partial charge in [-0.25, -0.2) is 0 Å². The van der Waals surface area contributed by atoms with Crippen LogP contribution in [0.5, 0.6) is 0 Å².